The van der Waals surface area contributed by atoms with E-state index in [0.717, 1.165) is 24.0 Å². The van der Waals surface area contributed by atoms with Gasteiger partial charge in [-0.05, 0) is 12.8 Å². The zero-order valence-corrected chi connectivity index (χ0v) is 11.5. The average Bonchev–Trinajstić information content (AvgIpc) is 2.66. The smallest absolute Gasteiger partial charge is 0.205 e. The summed E-state index contributed by atoms with van der Waals surface area (Å²) in [6.45, 7) is 6.45. The summed E-state index contributed by atoms with van der Waals surface area (Å²) in [6, 6.07) is 0. The molecule has 0 radical (unpaired) electrons. The maximum atomic E-state index is 4.58. The van der Waals surface area contributed by atoms with E-state index >= 15 is 0 Å². The van der Waals surface area contributed by atoms with E-state index in [9.17, 15) is 0 Å². The van der Waals surface area contributed by atoms with Gasteiger partial charge in [0.05, 0.1) is 0 Å². The third-order valence-corrected chi connectivity index (χ3v) is 4.12. The molecule has 1 aromatic rings. The highest BCUT2D eigenvalue weighted by atomic mass is 79.9. The van der Waals surface area contributed by atoms with Gasteiger partial charge in [-0.2, -0.15) is 4.37 Å². The van der Waals surface area contributed by atoms with Crippen LogP contribution >= 0.6 is 27.5 Å². The molecule has 0 amide bonds. The van der Waals surface area contributed by atoms with E-state index in [0.29, 0.717) is 10.7 Å². The van der Waals surface area contributed by atoms with Crippen LogP contribution in [-0.2, 0) is 0 Å². The molecule has 3 nitrogen and oxygen atoms in total. The molecule has 0 aliphatic carbocycles. The standard InChI is InChI=1S/C10H16BrN3S/c1-7(2)9-12-10(15-13-9)14-5-3-4-8(11)6-14/h7-8H,3-6H2,1-2H3. The predicted molar refractivity (Wildman–Crippen MR) is 68.2 cm³/mol. The quantitative estimate of drug-likeness (QED) is 0.784. The number of piperidine rings is 1. The lowest BCUT2D eigenvalue weighted by atomic mass is 10.1. The van der Waals surface area contributed by atoms with Crippen molar-refractivity contribution in [1.82, 2.24) is 9.36 Å². The summed E-state index contributed by atoms with van der Waals surface area (Å²) in [4.78, 5) is 7.53. The Labute approximate surface area is 103 Å². The molecule has 15 heavy (non-hydrogen) atoms. The molecule has 0 spiro atoms. The van der Waals surface area contributed by atoms with Crippen LogP contribution < -0.4 is 4.90 Å². The van der Waals surface area contributed by atoms with Gasteiger partial charge in [0.15, 0.2) is 0 Å². The Hall–Kier alpha value is -0.160. The Bertz CT molecular complexity index is 326. The predicted octanol–water partition coefficient (Wildman–Crippen LogP) is 3.03. The van der Waals surface area contributed by atoms with Crippen molar-refractivity contribution in [2.75, 3.05) is 18.0 Å². The minimum absolute atomic E-state index is 0.430. The first-order chi connectivity index (χ1) is 7.16. The number of hydrogen-bond donors (Lipinski definition) is 0. The lowest BCUT2D eigenvalue weighted by molar-refractivity contribution is 0.594. The van der Waals surface area contributed by atoms with Crippen LogP contribution in [0.4, 0.5) is 5.13 Å². The molecule has 84 valence electrons. The second-order valence-corrected chi connectivity index (χ2v) is 6.30. The molecule has 0 aromatic carbocycles. The van der Waals surface area contributed by atoms with Crippen molar-refractivity contribution in [3.63, 3.8) is 0 Å². The fourth-order valence-corrected chi connectivity index (χ4v) is 3.20. The zero-order chi connectivity index (χ0) is 10.8. The van der Waals surface area contributed by atoms with Crippen LogP contribution in [-0.4, -0.2) is 27.3 Å². The van der Waals surface area contributed by atoms with E-state index in [-0.39, 0.29) is 0 Å². The minimum atomic E-state index is 0.430. The molecule has 1 unspecified atom stereocenters. The lowest BCUT2D eigenvalue weighted by Crippen LogP contribution is -2.35. The van der Waals surface area contributed by atoms with E-state index < -0.39 is 0 Å². The maximum absolute atomic E-state index is 4.58. The topological polar surface area (TPSA) is 29.0 Å². The van der Waals surface area contributed by atoms with Gasteiger partial charge in [-0.1, -0.05) is 29.8 Å². The summed E-state index contributed by atoms with van der Waals surface area (Å²) < 4.78 is 4.39. The fraction of sp³-hybridized carbons (Fsp3) is 0.800. The lowest BCUT2D eigenvalue weighted by Gasteiger charge is -2.29. The van der Waals surface area contributed by atoms with Crippen LogP contribution in [0.3, 0.4) is 0 Å². The Morgan fingerprint density at radius 3 is 2.93 bits per heavy atom. The summed E-state index contributed by atoms with van der Waals surface area (Å²) in [5.74, 6) is 1.41. The maximum Gasteiger partial charge on any atom is 0.205 e. The number of alkyl halides is 1. The molecule has 0 saturated carbocycles. The van der Waals surface area contributed by atoms with Crippen molar-refractivity contribution in [2.24, 2.45) is 0 Å². The van der Waals surface area contributed by atoms with Gasteiger partial charge in [-0.25, -0.2) is 4.98 Å². The van der Waals surface area contributed by atoms with Gasteiger partial charge < -0.3 is 4.90 Å². The number of nitrogens with zero attached hydrogens (tertiary/aromatic N) is 3. The van der Waals surface area contributed by atoms with Crippen molar-refractivity contribution >= 4 is 32.6 Å². The summed E-state index contributed by atoms with van der Waals surface area (Å²) in [5, 5.41) is 1.09. The van der Waals surface area contributed by atoms with Crippen LogP contribution in [0.15, 0.2) is 0 Å². The highest BCUT2D eigenvalue weighted by molar-refractivity contribution is 9.09. The van der Waals surface area contributed by atoms with Crippen LogP contribution in [0, 0.1) is 0 Å². The van der Waals surface area contributed by atoms with Crippen molar-refractivity contribution in [2.45, 2.75) is 37.4 Å². The number of rotatable bonds is 2. The molecule has 1 aliphatic rings. The van der Waals surface area contributed by atoms with Gasteiger partial charge >= 0.3 is 0 Å². The number of halogens is 1. The van der Waals surface area contributed by atoms with E-state index in [4.69, 9.17) is 0 Å². The van der Waals surface area contributed by atoms with Gasteiger partial charge in [0, 0.05) is 35.4 Å². The molecule has 2 heterocycles. The van der Waals surface area contributed by atoms with E-state index in [1.54, 1.807) is 0 Å². The molecule has 5 heteroatoms. The van der Waals surface area contributed by atoms with Gasteiger partial charge in [0.25, 0.3) is 0 Å². The summed E-state index contributed by atoms with van der Waals surface area (Å²) >= 11 is 5.21. The number of anilines is 1. The molecule has 1 aliphatic heterocycles. The normalized spacial score (nSPS) is 22.4. The second kappa shape index (κ2) is 4.78. The van der Waals surface area contributed by atoms with E-state index in [2.05, 4.69) is 44.0 Å². The summed E-state index contributed by atoms with van der Waals surface area (Å²) in [7, 11) is 0. The third-order valence-electron chi connectivity index (χ3n) is 2.58. The average molecular weight is 290 g/mol. The molecular formula is C10H16BrN3S. The SMILES string of the molecule is CC(C)c1nsc(N2CCCC(Br)C2)n1. The fourth-order valence-electron chi connectivity index (χ4n) is 1.69. The largest absolute Gasteiger partial charge is 0.346 e. The van der Waals surface area contributed by atoms with Gasteiger partial charge in [0.1, 0.15) is 5.82 Å². The zero-order valence-electron chi connectivity index (χ0n) is 9.11. The molecule has 1 aromatic heterocycles. The first-order valence-electron chi connectivity index (χ1n) is 5.39. The van der Waals surface area contributed by atoms with Crippen molar-refractivity contribution in [1.29, 1.82) is 0 Å². The molecular weight excluding hydrogens is 274 g/mol. The van der Waals surface area contributed by atoms with Crippen LogP contribution in [0.2, 0.25) is 0 Å². The molecule has 1 saturated heterocycles. The molecule has 1 atom stereocenters. The van der Waals surface area contributed by atoms with Gasteiger partial charge in [0.2, 0.25) is 5.13 Å². The Morgan fingerprint density at radius 1 is 1.53 bits per heavy atom. The molecule has 1 fully saturated rings. The van der Waals surface area contributed by atoms with Crippen molar-refractivity contribution in [3.05, 3.63) is 5.82 Å². The first-order valence-corrected chi connectivity index (χ1v) is 7.08. The summed E-state index contributed by atoms with van der Waals surface area (Å²) in [5.41, 5.74) is 0. The second-order valence-electron chi connectivity index (χ2n) is 4.28. The Morgan fingerprint density at radius 2 is 2.33 bits per heavy atom. The molecule has 0 N–H and O–H groups in total. The van der Waals surface area contributed by atoms with Crippen LogP contribution in [0.1, 0.15) is 38.4 Å². The third kappa shape index (κ3) is 2.69. The monoisotopic (exact) mass is 289 g/mol. The first kappa shape index (κ1) is 11.3. The highest BCUT2D eigenvalue weighted by Gasteiger charge is 2.21. The van der Waals surface area contributed by atoms with Crippen molar-refractivity contribution < 1.29 is 0 Å². The molecule has 2 rings (SSSR count). The minimum Gasteiger partial charge on any atom is -0.346 e. The Kier molecular flexibility index (Phi) is 3.61. The van der Waals surface area contributed by atoms with E-state index in [1.807, 2.05) is 0 Å². The number of aromatic nitrogens is 2. The number of hydrogen-bond acceptors (Lipinski definition) is 4. The molecule has 0 bridgehead atoms. The van der Waals surface area contributed by atoms with Crippen LogP contribution in [0.25, 0.3) is 0 Å². The van der Waals surface area contributed by atoms with Gasteiger partial charge in [-0.3, -0.25) is 0 Å². The Balaban J connectivity index is 2.08. The van der Waals surface area contributed by atoms with Crippen molar-refractivity contribution in [3.8, 4) is 0 Å². The summed E-state index contributed by atoms with van der Waals surface area (Å²) in [6.07, 6.45) is 2.51. The highest BCUT2D eigenvalue weighted by Crippen LogP contribution is 2.26. The van der Waals surface area contributed by atoms with E-state index in [1.165, 1.54) is 24.4 Å². The van der Waals surface area contributed by atoms with Gasteiger partial charge in [-0.15, -0.1) is 0 Å². The van der Waals surface area contributed by atoms with Crippen LogP contribution in [0.5, 0.6) is 0 Å².